The predicted molar refractivity (Wildman–Crippen MR) is 162 cm³/mol. The first-order chi connectivity index (χ1) is 18.3. The summed E-state index contributed by atoms with van der Waals surface area (Å²) < 4.78 is 66.6. The fraction of sp³-hybridized carbons (Fsp3) is 0.320. The van der Waals surface area contributed by atoms with E-state index in [1.165, 1.54) is 0 Å². The highest BCUT2D eigenvalue weighted by atomic mass is 35.5. The highest BCUT2D eigenvalue weighted by molar-refractivity contribution is 8.03. The molecule has 0 spiro atoms. The van der Waals surface area contributed by atoms with Crippen LogP contribution in [-0.4, -0.2) is 49.5 Å². The minimum Gasteiger partial charge on any atom is -0.870 e. The first kappa shape index (κ1) is 32.8. The molecule has 2 heterocycles. The molecule has 0 saturated heterocycles. The number of anilines is 1. The first-order valence-electron chi connectivity index (χ1n) is 12.0. The maximum absolute atomic E-state index is 11.3. The lowest BCUT2D eigenvalue weighted by Crippen LogP contribution is -2.36. The highest BCUT2D eigenvalue weighted by Crippen LogP contribution is 2.47. The molecule has 0 atom stereocenters. The van der Waals surface area contributed by atoms with Crippen LogP contribution in [0.15, 0.2) is 58.0 Å². The molecule has 0 unspecified atom stereocenters. The minimum absolute atomic E-state index is 0. The van der Waals surface area contributed by atoms with Gasteiger partial charge in [0.2, 0.25) is 5.52 Å². The number of fused-ring (bicyclic) bond motifs is 2. The van der Waals surface area contributed by atoms with Gasteiger partial charge in [0.05, 0.1) is 22.2 Å². The van der Waals surface area contributed by atoms with E-state index in [4.69, 9.17) is 23.2 Å². The summed E-state index contributed by atoms with van der Waals surface area (Å²) in [5.74, 6) is -0.691. The van der Waals surface area contributed by atoms with Crippen LogP contribution in [-0.2, 0) is 26.8 Å². The summed E-state index contributed by atoms with van der Waals surface area (Å²) in [5.41, 5.74) is 2.75. The molecular weight excluding hydrogens is 639 g/mol. The second kappa shape index (κ2) is 13.5. The molecule has 40 heavy (non-hydrogen) atoms. The van der Waals surface area contributed by atoms with Crippen molar-refractivity contribution in [2.24, 2.45) is 0 Å². The number of aryl methyl sites for hydroxylation is 1. The molecule has 0 radical (unpaired) electrons. The third-order valence-electron chi connectivity index (χ3n) is 5.98. The maximum Gasteiger partial charge on any atom is 0.265 e. The number of hydrogen-bond acceptors (Lipinski definition) is 8. The molecule has 0 fully saturated rings. The van der Waals surface area contributed by atoms with Gasteiger partial charge in [-0.1, -0.05) is 53.2 Å². The SMILES string of the molecule is CCC(=Cc1sc2ccc(Cl)cc2[n+]1CCCS(=O)(=O)O)C=C1Sc2ccc(Cl)cc2N1CCCS(=O)(=O)O.[OH-]. The van der Waals surface area contributed by atoms with Gasteiger partial charge in [-0.2, -0.15) is 21.4 Å². The Bertz CT molecular complexity index is 1670. The monoisotopic (exact) mass is 666 g/mol. The summed E-state index contributed by atoms with van der Waals surface area (Å²) >= 11 is 15.6. The van der Waals surface area contributed by atoms with Crippen molar-refractivity contribution in [3.8, 4) is 0 Å². The number of thiazole rings is 1. The van der Waals surface area contributed by atoms with Crippen molar-refractivity contribution >= 4 is 88.5 Å². The van der Waals surface area contributed by atoms with Crippen molar-refractivity contribution < 1.29 is 36.0 Å². The van der Waals surface area contributed by atoms with Gasteiger partial charge in [-0.3, -0.25) is 9.11 Å². The lowest BCUT2D eigenvalue weighted by molar-refractivity contribution is -0.668. The molecular formula is C25H28Cl2N2O7S4. The molecule has 0 bridgehead atoms. The van der Waals surface area contributed by atoms with Gasteiger partial charge in [0.25, 0.3) is 25.2 Å². The smallest absolute Gasteiger partial charge is 0.265 e. The van der Waals surface area contributed by atoms with Gasteiger partial charge >= 0.3 is 0 Å². The summed E-state index contributed by atoms with van der Waals surface area (Å²) in [6, 6.07) is 11.1. The van der Waals surface area contributed by atoms with Crippen molar-refractivity contribution in [3.63, 3.8) is 0 Å². The molecule has 2 aromatic carbocycles. The molecule has 4 rings (SSSR count). The molecule has 0 amide bonds. The molecule has 9 nitrogen and oxygen atoms in total. The Labute approximate surface area is 251 Å². The zero-order valence-electron chi connectivity index (χ0n) is 21.3. The van der Waals surface area contributed by atoms with Crippen LogP contribution in [0, 0.1) is 0 Å². The molecule has 1 aliphatic rings. The lowest BCUT2D eigenvalue weighted by Gasteiger charge is -2.20. The Kier molecular flexibility index (Phi) is 11.1. The predicted octanol–water partition coefficient (Wildman–Crippen LogP) is 6.12. The lowest BCUT2D eigenvalue weighted by atomic mass is 10.2. The van der Waals surface area contributed by atoms with E-state index in [2.05, 4.69) is 0 Å². The van der Waals surface area contributed by atoms with Gasteiger partial charge in [0.15, 0.2) is 6.54 Å². The molecule has 15 heteroatoms. The van der Waals surface area contributed by atoms with Crippen molar-refractivity contribution in [3.05, 3.63) is 68.1 Å². The van der Waals surface area contributed by atoms with Crippen LogP contribution in [0.5, 0.6) is 0 Å². The Morgan fingerprint density at radius 2 is 1.65 bits per heavy atom. The average Bonchev–Trinajstić information content (AvgIpc) is 3.34. The Morgan fingerprint density at radius 3 is 2.33 bits per heavy atom. The molecule has 3 aromatic rings. The molecule has 1 aromatic heterocycles. The molecule has 3 N–H and O–H groups in total. The summed E-state index contributed by atoms with van der Waals surface area (Å²) in [5, 5.41) is 2.93. The van der Waals surface area contributed by atoms with Crippen LogP contribution in [0.4, 0.5) is 5.69 Å². The Hall–Kier alpha value is -1.68. The van der Waals surface area contributed by atoms with Gasteiger partial charge in [-0.15, -0.1) is 0 Å². The number of rotatable bonds is 11. The average molecular weight is 668 g/mol. The topological polar surface area (TPSA) is 146 Å². The molecule has 0 saturated carbocycles. The molecule has 1 aliphatic heterocycles. The standard InChI is InChI=1S/C25H26Cl2N2O6S4.H2O/c1-2-17(13-24-28(9-3-11-38(30,31)32)20-15-18(26)5-7-22(20)36-24)14-25-29(10-4-12-39(33,34)35)21-16-19(27)6-8-23(21)37-25;/h5-8,13-16H,2-4,9-12H2,1H3,(H-,30,31,32,33,34,35);1H2. The van der Waals surface area contributed by atoms with Crippen LogP contribution < -0.4 is 9.47 Å². The summed E-state index contributed by atoms with van der Waals surface area (Å²) in [7, 11) is -8.16. The van der Waals surface area contributed by atoms with Crippen LogP contribution in [0.25, 0.3) is 16.3 Å². The fourth-order valence-electron chi connectivity index (χ4n) is 4.20. The van der Waals surface area contributed by atoms with E-state index in [0.717, 1.165) is 36.4 Å². The van der Waals surface area contributed by atoms with Crippen molar-refractivity contribution in [2.75, 3.05) is 23.0 Å². The van der Waals surface area contributed by atoms with Gasteiger partial charge in [-0.25, -0.2) is 0 Å². The number of allylic oxidation sites excluding steroid dienone is 2. The van der Waals surface area contributed by atoms with Crippen LogP contribution in [0.2, 0.25) is 10.0 Å². The molecule has 218 valence electrons. The van der Waals surface area contributed by atoms with Gasteiger partial charge in [0, 0.05) is 40.0 Å². The van der Waals surface area contributed by atoms with Crippen LogP contribution in [0.3, 0.4) is 0 Å². The quantitative estimate of drug-likeness (QED) is 0.182. The van der Waals surface area contributed by atoms with E-state index in [1.807, 2.05) is 52.8 Å². The van der Waals surface area contributed by atoms with Gasteiger partial charge in [0.1, 0.15) is 4.70 Å². The number of nitrogens with zero attached hydrogens (tertiary/aromatic N) is 2. The minimum atomic E-state index is -4.08. The first-order valence-corrected chi connectivity index (χ1v) is 17.6. The third-order valence-corrected chi connectivity index (χ3v) is 10.3. The highest BCUT2D eigenvalue weighted by Gasteiger charge is 2.26. The van der Waals surface area contributed by atoms with Gasteiger partial charge in [-0.05, 0) is 54.8 Å². The zero-order chi connectivity index (χ0) is 28.4. The maximum atomic E-state index is 11.3. The van der Waals surface area contributed by atoms with Crippen molar-refractivity contribution in [1.82, 2.24) is 0 Å². The summed E-state index contributed by atoms with van der Waals surface area (Å²) in [6.07, 6.45) is 5.26. The van der Waals surface area contributed by atoms with Crippen molar-refractivity contribution in [1.29, 1.82) is 0 Å². The second-order valence-corrected chi connectivity index (χ2v) is 15.0. The van der Waals surface area contributed by atoms with E-state index < -0.39 is 20.2 Å². The fourth-order valence-corrected chi connectivity index (χ4v) is 7.81. The third kappa shape index (κ3) is 8.66. The van der Waals surface area contributed by atoms with E-state index in [9.17, 15) is 25.9 Å². The van der Waals surface area contributed by atoms with E-state index >= 15 is 0 Å². The second-order valence-electron chi connectivity index (χ2n) is 8.90. The number of halogens is 2. The van der Waals surface area contributed by atoms with Gasteiger partial charge < -0.3 is 10.4 Å². The van der Waals surface area contributed by atoms with Crippen LogP contribution >= 0.6 is 46.3 Å². The zero-order valence-corrected chi connectivity index (χ0v) is 26.1. The number of aromatic nitrogens is 1. The largest absolute Gasteiger partial charge is 0.870 e. The number of benzene rings is 2. The summed E-state index contributed by atoms with van der Waals surface area (Å²) in [4.78, 5) is 3.00. The van der Waals surface area contributed by atoms with Crippen molar-refractivity contribution in [2.45, 2.75) is 37.6 Å². The number of hydrogen-bond donors (Lipinski definition) is 2. The Balaban J connectivity index is 0.00000441. The normalized spacial score (nSPS) is 15.1. The van der Waals surface area contributed by atoms with E-state index in [0.29, 0.717) is 29.6 Å². The Morgan fingerprint density at radius 1 is 1.00 bits per heavy atom. The molecule has 0 aliphatic carbocycles. The number of thioether (sulfide) groups is 1. The van der Waals surface area contributed by atoms with E-state index in [-0.39, 0.29) is 29.8 Å². The van der Waals surface area contributed by atoms with E-state index in [1.54, 1.807) is 35.2 Å². The van der Waals surface area contributed by atoms with Crippen LogP contribution in [0.1, 0.15) is 31.2 Å². The summed E-state index contributed by atoms with van der Waals surface area (Å²) in [6.45, 7) is 2.78.